The van der Waals surface area contributed by atoms with E-state index < -0.39 is 6.04 Å². The summed E-state index contributed by atoms with van der Waals surface area (Å²) in [5.41, 5.74) is 9.01. The normalized spacial score (nSPS) is 21.2. The minimum Gasteiger partial charge on any atom is -0.481 e. The van der Waals surface area contributed by atoms with Crippen LogP contribution in [0.15, 0.2) is 71.1 Å². The minimum absolute atomic E-state index is 0.0800. The number of hydrogen-bond acceptors (Lipinski definition) is 7. The number of hydrazine groups is 1. The second-order valence-electron chi connectivity index (χ2n) is 8.62. The van der Waals surface area contributed by atoms with Gasteiger partial charge in [0.25, 0.3) is 5.91 Å². The summed E-state index contributed by atoms with van der Waals surface area (Å²) in [4.78, 5) is 20.2. The summed E-state index contributed by atoms with van der Waals surface area (Å²) in [6, 6.07) is 10.7. The van der Waals surface area contributed by atoms with Crippen molar-refractivity contribution in [3.63, 3.8) is 0 Å². The summed E-state index contributed by atoms with van der Waals surface area (Å²) in [7, 11) is 3.48. The van der Waals surface area contributed by atoms with Crippen LogP contribution in [0.1, 0.15) is 34.6 Å². The maximum absolute atomic E-state index is 14.1. The molecule has 0 saturated heterocycles. The summed E-state index contributed by atoms with van der Waals surface area (Å²) < 4.78 is 5.45. The van der Waals surface area contributed by atoms with Crippen molar-refractivity contribution < 1.29 is 9.53 Å². The SMILES string of the molecule is COc1ncccc1-c1n[nH]c2c1C(=O)N(C1=CC3C(=NNN3C)C(C)=C1)C2c1ccc(Cl)cc1. The zero-order valence-electron chi connectivity index (χ0n) is 19.3. The van der Waals surface area contributed by atoms with Crippen LogP contribution in [0.4, 0.5) is 0 Å². The number of nitrogens with zero attached hydrogens (tertiary/aromatic N) is 5. The highest BCUT2D eigenvalue weighted by atomic mass is 35.5. The number of aromatic amines is 1. The highest BCUT2D eigenvalue weighted by Gasteiger charge is 2.45. The molecule has 10 heteroatoms. The Hall–Kier alpha value is -3.95. The van der Waals surface area contributed by atoms with Crippen LogP contribution in [0.3, 0.4) is 0 Å². The Morgan fingerprint density at radius 1 is 1.17 bits per heavy atom. The second-order valence-corrected chi connectivity index (χ2v) is 9.06. The Balaban J connectivity index is 1.53. The standard InChI is InChI=1S/C25H22ClN7O2/c1-13-11-16(12-18-20(13)30-31-32(18)2)33-23(14-6-8-15(26)9-7-14)22-19(25(33)34)21(28-29-22)17-5-4-10-27-24(17)35-3/h4-12,18,23,31H,1-3H3,(H,28,29). The quantitative estimate of drug-likeness (QED) is 0.582. The first-order chi connectivity index (χ1) is 17.0. The number of rotatable bonds is 4. The van der Waals surface area contributed by atoms with E-state index in [4.69, 9.17) is 16.3 Å². The monoisotopic (exact) mass is 487 g/mol. The number of pyridine rings is 1. The highest BCUT2D eigenvalue weighted by Crippen LogP contribution is 2.45. The number of halogens is 1. The van der Waals surface area contributed by atoms with Crippen LogP contribution in [0.25, 0.3) is 11.3 Å². The van der Waals surface area contributed by atoms with Crippen LogP contribution < -0.4 is 10.3 Å². The number of likely N-dealkylation sites (N-methyl/N-ethyl adjacent to an activating group) is 1. The topological polar surface area (TPSA) is 98.7 Å². The van der Waals surface area contributed by atoms with Crippen LogP contribution in [0, 0.1) is 0 Å². The number of hydrogen-bond donors (Lipinski definition) is 2. The molecule has 2 N–H and O–H groups in total. The number of aromatic nitrogens is 3. The third kappa shape index (κ3) is 3.27. The molecular formula is C25H22ClN7O2. The lowest BCUT2D eigenvalue weighted by molar-refractivity contribution is 0.0807. The van der Waals surface area contributed by atoms with Gasteiger partial charge in [-0.1, -0.05) is 23.7 Å². The van der Waals surface area contributed by atoms with E-state index in [-0.39, 0.29) is 11.9 Å². The lowest BCUT2D eigenvalue weighted by Gasteiger charge is -2.31. The number of fused-ring (bicyclic) bond motifs is 2. The van der Waals surface area contributed by atoms with E-state index in [1.54, 1.807) is 19.4 Å². The molecule has 4 heterocycles. The molecule has 1 aliphatic carbocycles. The van der Waals surface area contributed by atoms with Crippen LogP contribution in [-0.2, 0) is 0 Å². The van der Waals surface area contributed by atoms with Crippen molar-refractivity contribution >= 4 is 23.2 Å². The summed E-state index contributed by atoms with van der Waals surface area (Å²) >= 11 is 6.18. The number of benzene rings is 1. The molecule has 3 aromatic rings. The van der Waals surface area contributed by atoms with E-state index in [0.29, 0.717) is 33.4 Å². The molecule has 1 amide bonds. The molecule has 2 unspecified atom stereocenters. The van der Waals surface area contributed by atoms with Gasteiger partial charge in [0.15, 0.2) is 0 Å². The molecule has 35 heavy (non-hydrogen) atoms. The maximum atomic E-state index is 14.1. The highest BCUT2D eigenvalue weighted by molar-refractivity contribution is 6.30. The molecular weight excluding hydrogens is 466 g/mol. The van der Waals surface area contributed by atoms with Gasteiger partial charge in [0, 0.05) is 24.0 Å². The fourth-order valence-electron chi connectivity index (χ4n) is 4.90. The molecule has 0 radical (unpaired) electrons. The minimum atomic E-state index is -0.410. The van der Waals surface area contributed by atoms with Gasteiger partial charge in [0.05, 0.1) is 35.7 Å². The number of amides is 1. The molecule has 2 atom stereocenters. The number of carbonyl (C=O) groups excluding carboxylic acids is 1. The molecule has 0 fully saturated rings. The van der Waals surface area contributed by atoms with Gasteiger partial charge < -0.3 is 4.74 Å². The summed E-state index contributed by atoms with van der Waals surface area (Å²) in [5.74, 6) is 0.252. The number of methoxy groups -OCH3 is 1. The zero-order valence-corrected chi connectivity index (χ0v) is 20.0. The van der Waals surface area contributed by atoms with Crippen molar-refractivity contribution in [1.29, 1.82) is 0 Å². The van der Waals surface area contributed by atoms with Crippen molar-refractivity contribution in [2.24, 2.45) is 5.10 Å². The number of H-pyrrole nitrogens is 1. The Morgan fingerprint density at radius 2 is 1.97 bits per heavy atom. The van der Waals surface area contributed by atoms with Gasteiger partial charge in [-0.05, 0) is 54.5 Å². The van der Waals surface area contributed by atoms with Gasteiger partial charge in [-0.15, -0.1) is 0 Å². The fraction of sp³-hybridized carbons (Fsp3) is 0.200. The van der Waals surface area contributed by atoms with Gasteiger partial charge in [0.1, 0.15) is 11.7 Å². The average Bonchev–Trinajstić information content (AvgIpc) is 3.54. The van der Waals surface area contributed by atoms with Crippen LogP contribution in [0.2, 0.25) is 5.02 Å². The lowest BCUT2D eigenvalue weighted by atomic mass is 9.95. The van der Waals surface area contributed by atoms with Gasteiger partial charge in [-0.2, -0.15) is 15.2 Å². The second kappa shape index (κ2) is 8.07. The number of allylic oxidation sites excluding steroid dienone is 1. The van der Waals surface area contributed by atoms with E-state index in [0.717, 1.165) is 22.5 Å². The summed E-state index contributed by atoms with van der Waals surface area (Å²) in [5, 5.41) is 14.6. The Labute approximate surface area is 206 Å². The van der Waals surface area contributed by atoms with Crippen molar-refractivity contribution in [2.45, 2.75) is 19.0 Å². The molecule has 6 rings (SSSR count). The number of hydrazone groups is 1. The molecule has 0 saturated carbocycles. The largest absolute Gasteiger partial charge is 0.481 e. The smallest absolute Gasteiger partial charge is 0.263 e. The molecule has 2 aliphatic heterocycles. The van der Waals surface area contributed by atoms with Gasteiger partial charge in [-0.3, -0.25) is 14.8 Å². The van der Waals surface area contributed by atoms with E-state index in [2.05, 4.69) is 31.9 Å². The summed E-state index contributed by atoms with van der Waals surface area (Å²) in [6.45, 7) is 2.00. The van der Waals surface area contributed by atoms with E-state index in [1.807, 2.05) is 60.3 Å². The molecule has 1 aromatic carbocycles. The third-order valence-electron chi connectivity index (χ3n) is 6.56. The van der Waals surface area contributed by atoms with E-state index in [9.17, 15) is 4.79 Å². The van der Waals surface area contributed by atoms with Crippen molar-refractivity contribution in [3.8, 4) is 17.1 Å². The Morgan fingerprint density at radius 3 is 2.74 bits per heavy atom. The number of nitrogens with one attached hydrogen (secondary N) is 2. The lowest BCUT2D eigenvalue weighted by Crippen LogP contribution is -2.39. The first kappa shape index (κ1) is 21.6. The number of ether oxygens (including phenoxy) is 1. The van der Waals surface area contributed by atoms with Gasteiger partial charge in [0.2, 0.25) is 5.88 Å². The molecule has 3 aliphatic rings. The van der Waals surface area contributed by atoms with Gasteiger partial charge in [-0.25, -0.2) is 10.5 Å². The average molecular weight is 488 g/mol. The summed E-state index contributed by atoms with van der Waals surface area (Å²) in [6.07, 6.45) is 5.70. The molecule has 0 spiro atoms. The van der Waals surface area contributed by atoms with Crippen molar-refractivity contribution in [2.75, 3.05) is 14.2 Å². The Bertz CT molecular complexity index is 1440. The number of carbonyl (C=O) groups is 1. The van der Waals surface area contributed by atoms with E-state index in [1.165, 1.54) is 0 Å². The zero-order chi connectivity index (χ0) is 24.3. The van der Waals surface area contributed by atoms with Gasteiger partial charge >= 0.3 is 0 Å². The third-order valence-corrected chi connectivity index (χ3v) is 6.82. The first-order valence-electron chi connectivity index (χ1n) is 11.1. The maximum Gasteiger partial charge on any atom is 0.263 e. The van der Waals surface area contributed by atoms with E-state index >= 15 is 0 Å². The molecule has 0 bridgehead atoms. The Kier molecular flexibility index (Phi) is 4.98. The van der Waals surface area contributed by atoms with Crippen molar-refractivity contribution in [3.05, 3.63) is 87.9 Å². The molecule has 9 nitrogen and oxygen atoms in total. The molecule has 2 aromatic heterocycles. The van der Waals surface area contributed by atoms with Crippen LogP contribution in [0.5, 0.6) is 5.88 Å². The first-order valence-corrected chi connectivity index (χ1v) is 11.5. The predicted molar refractivity (Wildman–Crippen MR) is 132 cm³/mol. The predicted octanol–water partition coefficient (Wildman–Crippen LogP) is 3.70. The van der Waals surface area contributed by atoms with Crippen molar-refractivity contribution in [1.82, 2.24) is 30.6 Å². The fourth-order valence-corrected chi connectivity index (χ4v) is 5.03. The van der Waals surface area contributed by atoms with Crippen LogP contribution >= 0.6 is 11.6 Å². The van der Waals surface area contributed by atoms with Crippen LogP contribution in [-0.4, -0.2) is 56.9 Å². The molecule has 176 valence electrons.